The molecule has 0 radical (unpaired) electrons. The van der Waals surface area contributed by atoms with Gasteiger partial charge in [-0.1, -0.05) is 20.8 Å². The van der Waals surface area contributed by atoms with Crippen LogP contribution in [0.15, 0.2) is 0 Å². The Hall–Kier alpha value is -0.0400. The molecule has 0 aromatic rings. The van der Waals surface area contributed by atoms with E-state index in [9.17, 15) is 0 Å². The van der Waals surface area contributed by atoms with Gasteiger partial charge in [-0.2, -0.15) is 0 Å². The van der Waals surface area contributed by atoms with Crippen molar-refractivity contribution in [2.24, 2.45) is 5.92 Å². The largest absolute Gasteiger partial charge is 0.301 e. The molecule has 0 rings (SSSR count). The van der Waals surface area contributed by atoms with Crippen molar-refractivity contribution in [3.63, 3.8) is 0 Å². The van der Waals surface area contributed by atoms with E-state index >= 15 is 0 Å². The summed E-state index contributed by atoms with van der Waals surface area (Å²) in [5.74, 6) is 0.795. The van der Waals surface area contributed by atoms with Gasteiger partial charge in [-0.3, -0.25) is 0 Å². The molecule has 0 spiro atoms. The Balaban J connectivity index is 3.69. The minimum Gasteiger partial charge on any atom is -0.301 e. The maximum atomic E-state index is 2.55. The maximum Gasteiger partial charge on any atom is 0.00386 e. The van der Waals surface area contributed by atoms with Gasteiger partial charge in [-0.25, -0.2) is 0 Å². The Labute approximate surface area is 71.8 Å². The van der Waals surface area contributed by atoms with Gasteiger partial charge in [-0.05, 0) is 32.7 Å². The Morgan fingerprint density at radius 3 is 1.91 bits per heavy atom. The van der Waals surface area contributed by atoms with Crippen molar-refractivity contribution in [2.75, 3.05) is 13.1 Å². The van der Waals surface area contributed by atoms with Crippen LogP contribution in [0, 0.1) is 5.92 Å². The van der Waals surface area contributed by atoms with Crippen LogP contribution in [0.3, 0.4) is 0 Å². The lowest BCUT2D eigenvalue weighted by atomic mass is 10.2. The summed E-state index contributed by atoms with van der Waals surface area (Å²) in [6.07, 6.45) is 1.27. The Kier molecular flexibility index (Phi) is 5.57. The van der Waals surface area contributed by atoms with Crippen molar-refractivity contribution in [3.05, 3.63) is 0 Å². The summed E-state index contributed by atoms with van der Waals surface area (Å²) in [6, 6.07) is 0.706. The van der Waals surface area contributed by atoms with Crippen molar-refractivity contribution in [2.45, 2.75) is 47.1 Å². The van der Waals surface area contributed by atoms with E-state index in [1.165, 1.54) is 19.5 Å². The number of hydrogen-bond acceptors (Lipinski definition) is 1. The zero-order valence-electron chi connectivity index (χ0n) is 8.72. The van der Waals surface area contributed by atoms with E-state index in [-0.39, 0.29) is 0 Å². The number of rotatable bonds is 5. The van der Waals surface area contributed by atoms with E-state index in [0.717, 1.165) is 5.92 Å². The molecule has 68 valence electrons. The third-order valence-electron chi connectivity index (χ3n) is 1.84. The van der Waals surface area contributed by atoms with Gasteiger partial charge in [0, 0.05) is 12.6 Å². The lowest BCUT2D eigenvalue weighted by Gasteiger charge is -2.27. The minimum absolute atomic E-state index is 0.706. The molecule has 0 aliphatic carbocycles. The summed E-state index contributed by atoms with van der Waals surface area (Å²) in [5, 5.41) is 0. The minimum atomic E-state index is 0.706. The van der Waals surface area contributed by atoms with Crippen molar-refractivity contribution >= 4 is 0 Å². The van der Waals surface area contributed by atoms with Gasteiger partial charge in [0.25, 0.3) is 0 Å². The molecule has 0 unspecified atom stereocenters. The van der Waals surface area contributed by atoms with Gasteiger partial charge in [-0.15, -0.1) is 0 Å². The summed E-state index contributed by atoms with van der Waals surface area (Å²) >= 11 is 0. The Morgan fingerprint density at radius 2 is 1.64 bits per heavy atom. The molecule has 0 aliphatic heterocycles. The van der Waals surface area contributed by atoms with Crippen LogP contribution in [-0.4, -0.2) is 24.0 Å². The van der Waals surface area contributed by atoms with Crippen LogP contribution in [0.1, 0.15) is 41.0 Å². The van der Waals surface area contributed by atoms with Gasteiger partial charge in [0.15, 0.2) is 0 Å². The Bertz CT molecular complexity index is 86.9. The second-order valence-corrected chi connectivity index (χ2v) is 3.98. The second kappa shape index (κ2) is 5.59. The van der Waals surface area contributed by atoms with Gasteiger partial charge < -0.3 is 4.90 Å². The molecule has 11 heavy (non-hydrogen) atoms. The fraction of sp³-hybridized carbons (Fsp3) is 1.00. The maximum absolute atomic E-state index is 2.55. The van der Waals surface area contributed by atoms with E-state index in [0.29, 0.717) is 6.04 Å². The summed E-state index contributed by atoms with van der Waals surface area (Å²) in [5.41, 5.74) is 0. The molecule has 0 N–H and O–H groups in total. The Morgan fingerprint density at radius 1 is 1.09 bits per heavy atom. The molecule has 0 bridgehead atoms. The van der Waals surface area contributed by atoms with Crippen LogP contribution in [0.2, 0.25) is 0 Å². The van der Waals surface area contributed by atoms with E-state index < -0.39 is 0 Å². The highest BCUT2D eigenvalue weighted by Crippen LogP contribution is 2.04. The predicted molar refractivity (Wildman–Crippen MR) is 51.8 cm³/mol. The number of hydrogen-bond donors (Lipinski definition) is 0. The lowest BCUT2D eigenvalue weighted by Crippen LogP contribution is -2.34. The van der Waals surface area contributed by atoms with Gasteiger partial charge in [0.1, 0.15) is 0 Å². The van der Waals surface area contributed by atoms with Crippen LogP contribution in [0.4, 0.5) is 0 Å². The molecule has 0 amide bonds. The van der Waals surface area contributed by atoms with Crippen molar-refractivity contribution in [1.29, 1.82) is 0 Å². The molecular formula is C10H23N. The summed E-state index contributed by atoms with van der Waals surface area (Å²) in [4.78, 5) is 2.55. The lowest BCUT2D eigenvalue weighted by molar-refractivity contribution is 0.198. The van der Waals surface area contributed by atoms with E-state index in [4.69, 9.17) is 0 Å². The highest BCUT2D eigenvalue weighted by molar-refractivity contribution is 4.63. The molecule has 1 heteroatoms. The SMILES string of the molecule is CCCN(CC(C)C)C(C)C. The van der Waals surface area contributed by atoms with Crippen molar-refractivity contribution in [3.8, 4) is 0 Å². The monoisotopic (exact) mass is 157 g/mol. The van der Waals surface area contributed by atoms with Crippen LogP contribution >= 0.6 is 0 Å². The predicted octanol–water partition coefficient (Wildman–Crippen LogP) is 2.76. The smallest absolute Gasteiger partial charge is 0.00386 e. The molecule has 0 saturated heterocycles. The molecule has 1 nitrogen and oxygen atoms in total. The highest BCUT2D eigenvalue weighted by atomic mass is 15.1. The van der Waals surface area contributed by atoms with Gasteiger partial charge in [0.05, 0.1) is 0 Å². The molecular weight excluding hydrogens is 134 g/mol. The quantitative estimate of drug-likeness (QED) is 0.593. The van der Waals surface area contributed by atoms with E-state index in [1.54, 1.807) is 0 Å². The van der Waals surface area contributed by atoms with Crippen LogP contribution in [0.25, 0.3) is 0 Å². The molecule has 0 aromatic carbocycles. The standard InChI is InChI=1S/C10H23N/c1-6-7-11(10(4)5)8-9(2)3/h9-10H,6-8H2,1-5H3. The molecule has 0 aliphatic rings. The van der Waals surface area contributed by atoms with Crippen LogP contribution < -0.4 is 0 Å². The topological polar surface area (TPSA) is 3.24 Å². The molecule has 0 atom stereocenters. The summed E-state index contributed by atoms with van der Waals surface area (Å²) in [6.45, 7) is 13.9. The summed E-state index contributed by atoms with van der Waals surface area (Å²) < 4.78 is 0. The van der Waals surface area contributed by atoms with Crippen LogP contribution in [0.5, 0.6) is 0 Å². The fourth-order valence-corrected chi connectivity index (χ4v) is 1.32. The second-order valence-electron chi connectivity index (χ2n) is 3.98. The third kappa shape index (κ3) is 5.25. The van der Waals surface area contributed by atoms with E-state index in [2.05, 4.69) is 39.5 Å². The molecule has 0 fully saturated rings. The van der Waals surface area contributed by atoms with Gasteiger partial charge >= 0.3 is 0 Å². The average Bonchev–Trinajstić information content (AvgIpc) is 1.86. The van der Waals surface area contributed by atoms with Crippen molar-refractivity contribution < 1.29 is 0 Å². The molecule has 0 saturated carbocycles. The average molecular weight is 157 g/mol. The first-order chi connectivity index (χ1) is 5.07. The zero-order valence-corrected chi connectivity index (χ0v) is 8.72. The van der Waals surface area contributed by atoms with Crippen molar-refractivity contribution in [1.82, 2.24) is 4.90 Å². The zero-order chi connectivity index (χ0) is 8.85. The molecule has 0 aromatic heterocycles. The highest BCUT2D eigenvalue weighted by Gasteiger charge is 2.08. The van der Waals surface area contributed by atoms with Gasteiger partial charge in [0.2, 0.25) is 0 Å². The first-order valence-electron chi connectivity index (χ1n) is 4.82. The number of nitrogens with zero attached hydrogens (tertiary/aromatic N) is 1. The molecule has 0 heterocycles. The first kappa shape index (κ1) is 11.0. The van der Waals surface area contributed by atoms with E-state index in [1.807, 2.05) is 0 Å². The third-order valence-corrected chi connectivity index (χ3v) is 1.84. The summed E-state index contributed by atoms with van der Waals surface area (Å²) in [7, 11) is 0. The van der Waals surface area contributed by atoms with Crippen LogP contribution in [-0.2, 0) is 0 Å². The fourth-order valence-electron chi connectivity index (χ4n) is 1.32. The normalized spacial score (nSPS) is 12.0. The first-order valence-corrected chi connectivity index (χ1v) is 4.82.